The van der Waals surface area contributed by atoms with Crippen LogP contribution in [0.1, 0.15) is 60.8 Å². The predicted octanol–water partition coefficient (Wildman–Crippen LogP) is 0.480. The summed E-state index contributed by atoms with van der Waals surface area (Å²) >= 11 is 0. The van der Waals surface area contributed by atoms with Crippen LogP contribution in [0.15, 0.2) is 11.1 Å². The fourth-order valence-corrected chi connectivity index (χ4v) is 5.68. The fraction of sp³-hybridized carbons (Fsp3) is 0.739. The third-order valence-corrected chi connectivity index (χ3v) is 6.95. The Hall–Kier alpha value is -2.50. The van der Waals surface area contributed by atoms with Gasteiger partial charge >= 0.3 is 23.9 Å². The molecule has 6 unspecified atom stereocenters. The molecule has 2 fully saturated rings. The van der Waals surface area contributed by atoms with Crippen molar-refractivity contribution < 1.29 is 53.1 Å². The van der Waals surface area contributed by atoms with Gasteiger partial charge in [0, 0.05) is 39.4 Å². The summed E-state index contributed by atoms with van der Waals surface area (Å²) in [7, 11) is 0. The minimum absolute atomic E-state index is 0.0220. The third kappa shape index (κ3) is 3.79. The molecular formula is C23H32O11. The second-order valence-corrected chi connectivity index (χ2v) is 9.49. The van der Waals surface area contributed by atoms with Gasteiger partial charge in [0.25, 0.3) is 0 Å². The second-order valence-electron chi connectivity index (χ2n) is 9.49. The number of carbonyl (C=O) groups excluding carboxylic acids is 4. The average Bonchev–Trinajstić information content (AvgIpc) is 2.98. The maximum atomic E-state index is 13.2. The van der Waals surface area contributed by atoms with Crippen LogP contribution in [0.2, 0.25) is 0 Å². The zero-order valence-corrected chi connectivity index (χ0v) is 20.3. The molecule has 0 saturated heterocycles. The van der Waals surface area contributed by atoms with E-state index in [9.17, 15) is 29.4 Å². The molecule has 0 aromatic heterocycles. The van der Waals surface area contributed by atoms with Crippen molar-refractivity contribution in [3.63, 3.8) is 0 Å². The summed E-state index contributed by atoms with van der Waals surface area (Å²) in [4.78, 5) is 49.5. The van der Waals surface area contributed by atoms with Crippen molar-refractivity contribution in [1.29, 1.82) is 0 Å². The molecule has 11 nitrogen and oxygen atoms in total. The van der Waals surface area contributed by atoms with Crippen molar-refractivity contribution in [3.8, 4) is 0 Å². The smallest absolute Gasteiger partial charge is 0.337 e. The Balaban J connectivity index is 2.40. The number of rotatable bonds is 6. The molecule has 0 radical (unpaired) electrons. The van der Waals surface area contributed by atoms with Gasteiger partial charge in [-0.25, -0.2) is 4.79 Å². The highest BCUT2D eigenvalue weighted by atomic mass is 16.6. The van der Waals surface area contributed by atoms with Gasteiger partial charge in [0.2, 0.25) is 5.60 Å². The Morgan fingerprint density at radius 3 is 2.18 bits per heavy atom. The van der Waals surface area contributed by atoms with E-state index < -0.39 is 58.5 Å². The van der Waals surface area contributed by atoms with E-state index in [-0.39, 0.29) is 43.6 Å². The molecule has 34 heavy (non-hydrogen) atoms. The zero-order valence-electron chi connectivity index (χ0n) is 20.3. The van der Waals surface area contributed by atoms with E-state index in [1.807, 2.05) is 0 Å². The summed E-state index contributed by atoms with van der Waals surface area (Å²) in [6, 6.07) is 0. The van der Waals surface area contributed by atoms with Crippen LogP contribution in [0.4, 0.5) is 0 Å². The molecule has 0 amide bonds. The van der Waals surface area contributed by atoms with Crippen LogP contribution in [-0.4, -0.2) is 81.9 Å². The van der Waals surface area contributed by atoms with Crippen LogP contribution in [-0.2, 0) is 42.9 Å². The highest BCUT2D eigenvalue weighted by molar-refractivity contribution is 5.95. The molecule has 1 spiro atoms. The number of esters is 4. The zero-order chi connectivity index (χ0) is 25.7. The SMILES string of the molecule is CCOCC1=C2C(OC(C)=O)CC(C)(OC(C)=O)C3(O)CCC(C)(O)C(OC(C)=O)C23OC1=O. The van der Waals surface area contributed by atoms with Crippen molar-refractivity contribution in [2.24, 2.45) is 0 Å². The van der Waals surface area contributed by atoms with E-state index in [2.05, 4.69) is 0 Å². The van der Waals surface area contributed by atoms with Crippen LogP contribution in [0.25, 0.3) is 0 Å². The molecule has 6 atom stereocenters. The number of hydrogen-bond acceptors (Lipinski definition) is 11. The van der Waals surface area contributed by atoms with Crippen molar-refractivity contribution in [3.05, 3.63) is 11.1 Å². The normalized spacial score (nSPS) is 39.0. The lowest BCUT2D eigenvalue weighted by Crippen LogP contribution is -2.82. The Morgan fingerprint density at radius 2 is 1.65 bits per heavy atom. The topological polar surface area (TPSA) is 155 Å². The van der Waals surface area contributed by atoms with E-state index in [1.165, 1.54) is 13.8 Å². The highest BCUT2D eigenvalue weighted by Crippen LogP contribution is 2.63. The summed E-state index contributed by atoms with van der Waals surface area (Å²) < 4.78 is 27.9. The van der Waals surface area contributed by atoms with Gasteiger partial charge in [0.1, 0.15) is 17.3 Å². The Morgan fingerprint density at radius 1 is 1.03 bits per heavy atom. The lowest BCUT2D eigenvalue weighted by molar-refractivity contribution is -0.324. The monoisotopic (exact) mass is 484 g/mol. The Bertz CT molecular complexity index is 937. The first-order valence-corrected chi connectivity index (χ1v) is 11.2. The minimum atomic E-state index is -2.22. The first-order chi connectivity index (χ1) is 15.6. The molecule has 0 bridgehead atoms. The number of carbonyl (C=O) groups is 4. The quantitative estimate of drug-likeness (QED) is 0.399. The van der Waals surface area contributed by atoms with E-state index in [1.54, 1.807) is 6.92 Å². The van der Waals surface area contributed by atoms with Crippen LogP contribution in [0, 0.1) is 0 Å². The van der Waals surface area contributed by atoms with Gasteiger partial charge in [0.15, 0.2) is 11.7 Å². The lowest BCUT2D eigenvalue weighted by atomic mass is 9.51. The van der Waals surface area contributed by atoms with Gasteiger partial charge in [-0.05, 0) is 33.6 Å². The van der Waals surface area contributed by atoms with E-state index >= 15 is 0 Å². The second kappa shape index (κ2) is 8.62. The van der Waals surface area contributed by atoms with Gasteiger partial charge in [-0.15, -0.1) is 0 Å². The standard InChI is InChI=1S/C23H32O11/c1-7-30-11-15-17-16(31-12(2)24)10-21(6,33-14(4)26)22(29)9-8-20(5,28)19(32-13(3)25)23(17,22)34-18(15)27/h16,19,28-29H,7-11H2,1-6H3. The molecule has 2 saturated carbocycles. The summed E-state index contributed by atoms with van der Waals surface area (Å²) in [6.07, 6.45) is -3.30. The summed E-state index contributed by atoms with van der Waals surface area (Å²) in [5.74, 6) is -3.13. The summed E-state index contributed by atoms with van der Waals surface area (Å²) in [5, 5.41) is 23.6. The molecule has 1 heterocycles. The number of hydrogen-bond donors (Lipinski definition) is 2. The van der Waals surface area contributed by atoms with E-state index in [0.717, 1.165) is 20.8 Å². The van der Waals surface area contributed by atoms with Gasteiger partial charge in [-0.2, -0.15) is 0 Å². The molecule has 0 aromatic rings. The summed E-state index contributed by atoms with van der Waals surface area (Å²) in [5.41, 5.74) is -7.88. The third-order valence-electron chi connectivity index (χ3n) is 6.95. The lowest BCUT2D eigenvalue weighted by Gasteiger charge is -2.63. The largest absolute Gasteiger partial charge is 0.458 e. The molecule has 190 valence electrons. The minimum Gasteiger partial charge on any atom is -0.458 e. The first-order valence-electron chi connectivity index (χ1n) is 11.2. The van der Waals surface area contributed by atoms with Gasteiger partial charge in [0.05, 0.1) is 12.2 Å². The maximum absolute atomic E-state index is 13.2. The molecule has 0 aromatic carbocycles. The van der Waals surface area contributed by atoms with Crippen molar-refractivity contribution >= 4 is 23.9 Å². The molecule has 11 heteroatoms. The molecule has 2 aliphatic carbocycles. The number of aliphatic hydroxyl groups is 2. The van der Waals surface area contributed by atoms with Crippen LogP contribution >= 0.6 is 0 Å². The van der Waals surface area contributed by atoms with Gasteiger partial charge in [-0.1, -0.05) is 0 Å². The Kier molecular flexibility index (Phi) is 6.62. The van der Waals surface area contributed by atoms with Crippen LogP contribution in [0.3, 0.4) is 0 Å². The summed E-state index contributed by atoms with van der Waals surface area (Å²) in [6.45, 7) is 7.97. The highest BCUT2D eigenvalue weighted by Gasteiger charge is 2.81. The van der Waals surface area contributed by atoms with Gasteiger partial charge < -0.3 is 33.9 Å². The molecule has 1 aliphatic heterocycles. The number of ether oxygens (including phenoxy) is 5. The van der Waals surface area contributed by atoms with Crippen molar-refractivity contribution in [2.45, 2.75) is 95.4 Å². The fourth-order valence-electron chi connectivity index (χ4n) is 5.68. The Labute approximate surface area is 197 Å². The maximum Gasteiger partial charge on any atom is 0.337 e. The molecule has 2 N–H and O–H groups in total. The average molecular weight is 484 g/mol. The molecule has 3 rings (SSSR count). The van der Waals surface area contributed by atoms with Crippen LogP contribution in [0.5, 0.6) is 0 Å². The molecule has 3 aliphatic rings. The van der Waals surface area contributed by atoms with Crippen molar-refractivity contribution in [2.75, 3.05) is 13.2 Å². The predicted molar refractivity (Wildman–Crippen MR) is 113 cm³/mol. The van der Waals surface area contributed by atoms with E-state index in [4.69, 9.17) is 23.7 Å². The molecular weight excluding hydrogens is 452 g/mol. The van der Waals surface area contributed by atoms with Crippen molar-refractivity contribution in [1.82, 2.24) is 0 Å². The van der Waals surface area contributed by atoms with E-state index in [0.29, 0.717) is 0 Å². The van der Waals surface area contributed by atoms with Crippen LogP contribution < -0.4 is 0 Å². The first kappa shape index (κ1) is 26.1. The van der Waals surface area contributed by atoms with Gasteiger partial charge in [-0.3, -0.25) is 14.4 Å².